The molecule has 0 bridgehead atoms. The number of pyridine rings is 1. The molecule has 0 aliphatic heterocycles. The van der Waals surface area contributed by atoms with Crippen molar-refractivity contribution in [3.05, 3.63) is 29.6 Å². The van der Waals surface area contributed by atoms with Crippen LogP contribution in [0.4, 0.5) is 0 Å². The summed E-state index contributed by atoms with van der Waals surface area (Å²) in [7, 11) is 0. The molecular formula is C16H22N2O3. The van der Waals surface area contributed by atoms with E-state index in [2.05, 4.69) is 16.8 Å². The lowest BCUT2D eigenvalue weighted by molar-refractivity contribution is 0.0622. The first kappa shape index (κ1) is 17.2. The number of aromatic nitrogens is 1. The molecule has 1 aromatic rings. The van der Waals surface area contributed by atoms with E-state index >= 15 is 0 Å². The maximum absolute atomic E-state index is 12.6. The minimum atomic E-state index is -0.234. The lowest BCUT2D eigenvalue weighted by Crippen LogP contribution is -2.41. The molecule has 114 valence electrons. The predicted molar refractivity (Wildman–Crippen MR) is 80.7 cm³/mol. The molecule has 0 saturated heterocycles. The van der Waals surface area contributed by atoms with Crippen LogP contribution in [0.1, 0.15) is 42.6 Å². The Labute approximate surface area is 125 Å². The van der Waals surface area contributed by atoms with Crippen LogP contribution in [0.3, 0.4) is 0 Å². The van der Waals surface area contributed by atoms with Gasteiger partial charge in [0, 0.05) is 30.5 Å². The van der Waals surface area contributed by atoms with Gasteiger partial charge in [-0.3, -0.25) is 9.78 Å². The molecular weight excluding hydrogens is 268 g/mol. The van der Waals surface area contributed by atoms with Crippen LogP contribution >= 0.6 is 0 Å². The Morgan fingerprint density at radius 1 is 1.33 bits per heavy atom. The van der Waals surface area contributed by atoms with E-state index in [1.807, 2.05) is 13.8 Å². The average Bonchev–Trinajstić information content (AvgIpc) is 2.52. The zero-order valence-corrected chi connectivity index (χ0v) is 12.5. The smallest absolute Gasteiger partial charge is 0.255 e. The van der Waals surface area contributed by atoms with Gasteiger partial charge in [0.25, 0.3) is 5.91 Å². The van der Waals surface area contributed by atoms with Crippen molar-refractivity contribution >= 4 is 5.91 Å². The molecule has 0 saturated carbocycles. The molecule has 0 unspecified atom stereocenters. The van der Waals surface area contributed by atoms with E-state index in [0.29, 0.717) is 17.7 Å². The predicted octanol–water partition coefficient (Wildman–Crippen LogP) is 1.05. The molecule has 1 rings (SSSR count). The van der Waals surface area contributed by atoms with Crippen LogP contribution in [0.2, 0.25) is 0 Å². The number of nitrogens with zero attached hydrogens (tertiary/aromatic N) is 2. The zero-order chi connectivity index (χ0) is 15.7. The number of aliphatic hydroxyl groups is 2. The van der Waals surface area contributed by atoms with Gasteiger partial charge in [-0.1, -0.05) is 25.7 Å². The third kappa shape index (κ3) is 4.85. The summed E-state index contributed by atoms with van der Waals surface area (Å²) in [4.78, 5) is 18.3. The van der Waals surface area contributed by atoms with Gasteiger partial charge >= 0.3 is 0 Å². The van der Waals surface area contributed by atoms with Gasteiger partial charge in [0.05, 0.1) is 12.2 Å². The highest BCUT2D eigenvalue weighted by molar-refractivity contribution is 5.94. The van der Waals surface area contributed by atoms with Crippen LogP contribution in [0.15, 0.2) is 18.5 Å². The van der Waals surface area contributed by atoms with Crippen LogP contribution in [-0.2, 0) is 0 Å². The highest BCUT2D eigenvalue weighted by Gasteiger charge is 2.22. The maximum atomic E-state index is 12.6. The molecule has 2 N–H and O–H groups in total. The van der Waals surface area contributed by atoms with E-state index in [0.717, 1.165) is 12.8 Å². The molecule has 5 heteroatoms. The van der Waals surface area contributed by atoms with Crippen LogP contribution in [-0.4, -0.2) is 51.8 Å². The molecule has 5 nitrogen and oxygen atoms in total. The van der Waals surface area contributed by atoms with Gasteiger partial charge in [0.2, 0.25) is 0 Å². The van der Waals surface area contributed by atoms with E-state index < -0.39 is 0 Å². The Bertz CT molecular complexity index is 516. The van der Waals surface area contributed by atoms with Gasteiger partial charge in [-0.25, -0.2) is 0 Å². The first-order valence-corrected chi connectivity index (χ1v) is 7.14. The molecule has 0 aromatic carbocycles. The van der Waals surface area contributed by atoms with E-state index in [4.69, 9.17) is 5.11 Å². The van der Waals surface area contributed by atoms with E-state index in [-0.39, 0.29) is 25.2 Å². The number of amides is 1. The number of hydrogen-bond acceptors (Lipinski definition) is 4. The molecule has 0 spiro atoms. The summed E-state index contributed by atoms with van der Waals surface area (Å²) in [6, 6.07) is 1.75. The van der Waals surface area contributed by atoms with Crippen molar-refractivity contribution in [2.75, 3.05) is 19.8 Å². The minimum Gasteiger partial charge on any atom is -0.395 e. The first-order chi connectivity index (χ1) is 10.2. The molecule has 0 aliphatic carbocycles. The van der Waals surface area contributed by atoms with Gasteiger partial charge in [-0.2, -0.15) is 0 Å². The topological polar surface area (TPSA) is 73.7 Å². The summed E-state index contributed by atoms with van der Waals surface area (Å²) in [6.07, 6.45) is 4.71. The fourth-order valence-electron chi connectivity index (χ4n) is 2.22. The second kappa shape index (κ2) is 9.11. The Kier molecular flexibility index (Phi) is 7.44. The summed E-state index contributed by atoms with van der Waals surface area (Å²) in [5.41, 5.74) is 1.03. The first-order valence-electron chi connectivity index (χ1n) is 7.14. The summed E-state index contributed by atoms with van der Waals surface area (Å²) in [5.74, 6) is 5.11. The quantitative estimate of drug-likeness (QED) is 0.768. The van der Waals surface area contributed by atoms with Gasteiger partial charge in [-0.15, -0.1) is 0 Å². The largest absolute Gasteiger partial charge is 0.395 e. The monoisotopic (exact) mass is 290 g/mol. The molecule has 0 fully saturated rings. The second-order valence-electron chi connectivity index (χ2n) is 4.61. The summed E-state index contributed by atoms with van der Waals surface area (Å²) in [6.45, 7) is 4.04. The van der Waals surface area contributed by atoms with Crippen molar-refractivity contribution in [3.63, 3.8) is 0 Å². The van der Waals surface area contributed by atoms with Crippen molar-refractivity contribution in [1.82, 2.24) is 9.88 Å². The van der Waals surface area contributed by atoms with E-state index in [9.17, 15) is 9.90 Å². The fourth-order valence-corrected chi connectivity index (χ4v) is 2.22. The molecule has 0 aliphatic rings. The van der Waals surface area contributed by atoms with Crippen LogP contribution in [0, 0.1) is 11.8 Å². The highest BCUT2D eigenvalue weighted by Crippen LogP contribution is 2.13. The normalized spacial score (nSPS) is 10.1. The van der Waals surface area contributed by atoms with Gasteiger partial charge in [0.1, 0.15) is 6.61 Å². The van der Waals surface area contributed by atoms with Crippen molar-refractivity contribution in [1.29, 1.82) is 0 Å². The third-order valence-corrected chi connectivity index (χ3v) is 3.28. The molecule has 1 amide bonds. The maximum Gasteiger partial charge on any atom is 0.255 e. The van der Waals surface area contributed by atoms with Crippen LogP contribution < -0.4 is 0 Å². The lowest BCUT2D eigenvalue weighted by atomic mass is 10.1. The zero-order valence-electron chi connectivity index (χ0n) is 12.5. The molecule has 0 atom stereocenters. The Balaban J connectivity index is 3.03. The van der Waals surface area contributed by atoms with Crippen molar-refractivity contribution in [2.45, 2.75) is 32.7 Å². The van der Waals surface area contributed by atoms with Crippen LogP contribution in [0.25, 0.3) is 0 Å². The number of rotatable bonds is 6. The minimum absolute atomic E-state index is 0.0698. The van der Waals surface area contributed by atoms with Gasteiger partial charge in [-0.05, 0) is 18.9 Å². The van der Waals surface area contributed by atoms with Crippen LogP contribution in [0.5, 0.6) is 0 Å². The van der Waals surface area contributed by atoms with E-state index in [1.54, 1.807) is 17.2 Å². The van der Waals surface area contributed by atoms with Crippen molar-refractivity contribution in [3.8, 4) is 11.8 Å². The fraction of sp³-hybridized carbons (Fsp3) is 0.500. The number of carbonyl (C=O) groups is 1. The number of aliphatic hydroxyl groups excluding tert-OH is 2. The standard InChI is InChI=1S/C16H22N2O3/c1-3-15(4-2)18(7-9-20)16(21)14-10-13(6-5-8-19)11-17-12-14/h10-12,15,19-20H,3-4,7-9H2,1-2H3. The summed E-state index contributed by atoms with van der Waals surface area (Å²) < 4.78 is 0. The Morgan fingerprint density at radius 2 is 2.05 bits per heavy atom. The summed E-state index contributed by atoms with van der Waals surface area (Å²) >= 11 is 0. The van der Waals surface area contributed by atoms with Gasteiger partial charge < -0.3 is 15.1 Å². The molecule has 21 heavy (non-hydrogen) atoms. The van der Waals surface area contributed by atoms with Gasteiger partial charge in [0.15, 0.2) is 0 Å². The Hall–Kier alpha value is -1.90. The summed E-state index contributed by atoms with van der Waals surface area (Å²) in [5, 5.41) is 17.9. The van der Waals surface area contributed by atoms with Crippen molar-refractivity contribution < 1.29 is 15.0 Å². The molecule has 0 radical (unpaired) electrons. The highest BCUT2D eigenvalue weighted by atomic mass is 16.3. The van der Waals surface area contributed by atoms with E-state index in [1.165, 1.54) is 6.20 Å². The third-order valence-electron chi connectivity index (χ3n) is 3.28. The molecule has 1 aromatic heterocycles. The number of carbonyl (C=O) groups excluding carboxylic acids is 1. The van der Waals surface area contributed by atoms with Crippen molar-refractivity contribution in [2.24, 2.45) is 0 Å². The molecule has 1 heterocycles. The Morgan fingerprint density at radius 3 is 2.62 bits per heavy atom. The lowest BCUT2D eigenvalue weighted by Gasteiger charge is -2.30. The average molecular weight is 290 g/mol. The number of hydrogen-bond donors (Lipinski definition) is 2. The second-order valence-corrected chi connectivity index (χ2v) is 4.61. The SMILES string of the molecule is CCC(CC)N(CCO)C(=O)c1cncc(C#CCO)c1.